The second-order valence-corrected chi connectivity index (χ2v) is 23.5. The monoisotopic (exact) mass is 1170 g/mol. The SMILES string of the molecule is CCCc1nn(C)c2c(=O)[nH]c(Cc3ccc(N(CC)CC)cc3)nc12.CCCc1nn(C)c2c(=O)[nH]c(Cc3ccc(NS(=O)(=O)c4ccccc4)cc3)nc12.CCCc1nn(C)c2c(=O)[nH]c(Cc3ccccc3NS(C)(=O)=O)nc12. The molecule has 0 unspecified atom stereocenters. The zero-order valence-corrected chi connectivity index (χ0v) is 49.9. The zero-order chi connectivity index (χ0) is 59.6. The van der Waals surface area contributed by atoms with Gasteiger partial charge in [0, 0.05) is 64.9 Å². The molecule has 436 valence electrons. The van der Waals surface area contributed by atoms with Gasteiger partial charge >= 0.3 is 0 Å². The molecule has 0 spiro atoms. The van der Waals surface area contributed by atoms with E-state index in [1.807, 2.05) is 25.1 Å². The van der Waals surface area contributed by atoms with Gasteiger partial charge in [0.15, 0.2) is 16.6 Å². The van der Waals surface area contributed by atoms with Gasteiger partial charge in [-0.3, -0.25) is 37.9 Å². The lowest BCUT2D eigenvalue weighted by molar-refractivity contribution is 0.600. The lowest BCUT2D eigenvalue weighted by Crippen LogP contribution is -2.21. The Morgan fingerprint density at radius 1 is 0.494 bits per heavy atom. The molecule has 0 saturated heterocycles. The van der Waals surface area contributed by atoms with Crippen molar-refractivity contribution in [3.05, 3.63) is 185 Å². The van der Waals surface area contributed by atoms with Crippen molar-refractivity contribution in [2.75, 3.05) is 33.7 Å². The first-order valence-corrected chi connectivity index (χ1v) is 31.0. The highest BCUT2D eigenvalue weighted by Crippen LogP contribution is 2.23. The smallest absolute Gasteiger partial charge is 0.277 e. The highest BCUT2D eigenvalue weighted by Gasteiger charge is 2.19. The number of aromatic amines is 3. The van der Waals surface area contributed by atoms with Crippen molar-refractivity contribution in [1.82, 2.24) is 59.2 Å². The Kier molecular flexibility index (Phi) is 19.2. The second kappa shape index (κ2) is 26.4. The first kappa shape index (κ1) is 60.3. The van der Waals surface area contributed by atoms with Gasteiger partial charge in [0.1, 0.15) is 34.0 Å². The average Bonchev–Trinajstić information content (AvgIpc) is 4.32. The van der Waals surface area contributed by atoms with Crippen LogP contribution in [0.2, 0.25) is 0 Å². The first-order valence-electron chi connectivity index (χ1n) is 27.6. The number of hydrogen-bond donors (Lipinski definition) is 5. The standard InChI is InChI=1S/C22H23N5O3S.C20H27N5O.C17H21N5O3S/c1-3-7-18-20-21(27(2)25-18)22(28)24-19(23-20)14-15-10-12-16(13-11-15)26-31(29,30)17-8-5-4-6-9-17;1-5-8-16-18-19(24(4)23-16)20(26)22-17(21-18)13-14-9-11-15(12-10-14)25(6-2)7-3;1-4-7-13-15-16(22(2)20-13)17(23)19-14(18-15)10-11-8-5-6-9-12(11)21-26(3,24)25/h4-6,8-13,26H,3,7,14H2,1-2H3,(H,23,24,28);9-12H,5-8,13H2,1-4H3,(H,21,22,26);5-6,8-9,21H,4,7,10H2,1-3H3,(H,18,19,23). The van der Waals surface area contributed by atoms with E-state index < -0.39 is 20.0 Å². The lowest BCUT2D eigenvalue weighted by atomic mass is 10.1. The van der Waals surface area contributed by atoms with Crippen LogP contribution in [0.4, 0.5) is 17.1 Å². The molecule has 0 radical (unpaired) electrons. The molecule has 22 nitrogen and oxygen atoms in total. The van der Waals surface area contributed by atoms with E-state index in [9.17, 15) is 31.2 Å². The molecular weight excluding hydrogens is 1090 g/mol. The van der Waals surface area contributed by atoms with Gasteiger partial charge in [-0.15, -0.1) is 0 Å². The number of nitrogens with one attached hydrogen (secondary N) is 5. The Morgan fingerprint density at radius 2 is 0.892 bits per heavy atom. The number of hydrogen-bond acceptors (Lipinski definition) is 14. The molecule has 6 heterocycles. The third-order valence-corrected chi connectivity index (χ3v) is 15.6. The molecule has 5 N–H and O–H groups in total. The van der Waals surface area contributed by atoms with Crippen molar-refractivity contribution in [2.24, 2.45) is 21.1 Å². The third-order valence-electron chi connectivity index (χ3n) is 13.6. The number of sulfonamides is 2. The maximum Gasteiger partial charge on any atom is 0.277 e. The molecule has 0 aliphatic carbocycles. The first-order chi connectivity index (χ1) is 39.7. The molecule has 0 atom stereocenters. The van der Waals surface area contributed by atoms with E-state index in [4.69, 9.17) is 4.98 Å². The van der Waals surface area contributed by atoms with Crippen LogP contribution in [0, 0.1) is 0 Å². The summed E-state index contributed by atoms with van der Waals surface area (Å²) in [7, 11) is -1.78. The number of aryl methyl sites for hydroxylation is 6. The van der Waals surface area contributed by atoms with Crippen molar-refractivity contribution >= 4 is 70.2 Å². The Bertz CT molecular complexity index is 4300. The molecule has 10 rings (SSSR count). The number of anilines is 3. The van der Waals surface area contributed by atoms with Crippen LogP contribution in [0.3, 0.4) is 0 Å². The molecular formula is C59H71N15O7S2. The molecule has 0 aliphatic rings. The third kappa shape index (κ3) is 14.7. The second-order valence-electron chi connectivity index (χ2n) is 20.1. The number of nitrogens with zero attached hydrogens (tertiary/aromatic N) is 10. The summed E-state index contributed by atoms with van der Waals surface area (Å²) >= 11 is 0. The number of fused-ring (bicyclic) bond motifs is 3. The fraction of sp³-hybridized carbons (Fsp3) is 0.339. The summed E-state index contributed by atoms with van der Waals surface area (Å²) in [5.41, 5.74) is 10.2. The number of H-pyrrole nitrogens is 3. The summed E-state index contributed by atoms with van der Waals surface area (Å²) in [6.45, 7) is 12.5. The highest BCUT2D eigenvalue weighted by atomic mass is 32.2. The molecule has 0 aliphatic heterocycles. The molecule has 24 heteroatoms. The number of aromatic nitrogens is 12. The summed E-state index contributed by atoms with van der Waals surface area (Å²) in [5.74, 6) is 1.69. The Morgan fingerprint density at radius 3 is 1.30 bits per heavy atom. The fourth-order valence-electron chi connectivity index (χ4n) is 9.81. The van der Waals surface area contributed by atoms with Crippen LogP contribution in [-0.2, 0) is 79.7 Å². The molecule has 10 aromatic rings. The maximum absolute atomic E-state index is 12.5. The van der Waals surface area contributed by atoms with Crippen LogP contribution in [0.15, 0.2) is 122 Å². The Balaban J connectivity index is 0.000000164. The van der Waals surface area contributed by atoms with Crippen LogP contribution in [-0.4, -0.2) is 95.4 Å². The van der Waals surface area contributed by atoms with E-state index in [-0.39, 0.29) is 21.6 Å². The van der Waals surface area contributed by atoms with Gasteiger partial charge in [-0.25, -0.2) is 31.8 Å². The predicted molar refractivity (Wildman–Crippen MR) is 326 cm³/mol. The van der Waals surface area contributed by atoms with Gasteiger partial charge in [-0.05, 0) is 92.3 Å². The molecule has 0 amide bonds. The summed E-state index contributed by atoms with van der Waals surface area (Å²) in [6.07, 6.45) is 7.51. The minimum Gasteiger partial charge on any atom is -0.372 e. The van der Waals surface area contributed by atoms with Crippen molar-refractivity contribution in [2.45, 2.75) is 97.3 Å². The van der Waals surface area contributed by atoms with Gasteiger partial charge in [0.2, 0.25) is 10.0 Å². The topological polar surface area (TPSA) is 286 Å². The van der Waals surface area contributed by atoms with Crippen LogP contribution in [0.1, 0.15) is 105 Å². The van der Waals surface area contributed by atoms with E-state index >= 15 is 0 Å². The van der Waals surface area contributed by atoms with E-state index in [2.05, 4.69) is 107 Å². The van der Waals surface area contributed by atoms with Crippen LogP contribution < -0.4 is 31.0 Å². The zero-order valence-electron chi connectivity index (χ0n) is 48.2. The van der Waals surface area contributed by atoms with E-state index in [0.717, 1.165) is 97.2 Å². The lowest BCUT2D eigenvalue weighted by Gasteiger charge is -2.21. The van der Waals surface area contributed by atoms with Crippen molar-refractivity contribution in [3.8, 4) is 0 Å². The average molecular weight is 1170 g/mol. The van der Waals surface area contributed by atoms with E-state index in [1.165, 1.54) is 5.69 Å². The summed E-state index contributed by atoms with van der Waals surface area (Å²) in [6, 6.07) is 30.7. The predicted octanol–water partition coefficient (Wildman–Crippen LogP) is 7.62. The van der Waals surface area contributed by atoms with E-state index in [1.54, 1.807) is 95.9 Å². The van der Waals surface area contributed by atoms with Gasteiger partial charge in [-0.1, -0.05) is 101 Å². The Hall–Kier alpha value is -8.77. The molecule has 83 heavy (non-hydrogen) atoms. The number of benzene rings is 4. The molecule has 0 fully saturated rings. The van der Waals surface area contributed by atoms with Crippen LogP contribution >= 0.6 is 0 Å². The fourth-order valence-corrected chi connectivity index (χ4v) is 11.5. The van der Waals surface area contributed by atoms with Gasteiger partial charge in [-0.2, -0.15) is 15.3 Å². The summed E-state index contributed by atoms with van der Waals surface area (Å²) in [4.78, 5) is 62.5. The largest absolute Gasteiger partial charge is 0.372 e. The maximum atomic E-state index is 12.5. The Labute approximate surface area is 481 Å². The number of para-hydroxylation sites is 1. The van der Waals surface area contributed by atoms with Gasteiger partial charge < -0.3 is 19.9 Å². The van der Waals surface area contributed by atoms with Crippen molar-refractivity contribution in [1.29, 1.82) is 0 Å². The van der Waals surface area contributed by atoms with Crippen molar-refractivity contribution < 1.29 is 16.8 Å². The molecule has 6 aromatic heterocycles. The van der Waals surface area contributed by atoms with E-state index in [0.29, 0.717) is 75.7 Å². The quantitative estimate of drug-likeness (QED) is 0.0491. The van der Waals surface area contributed by atoms with Gasteiger partial charge in [0.25, 0.3) is 26.7 Å². The summed E-state index contributed by atoms with van der Waals surface area (Å²) in [5, 5.41) is 13.3. The summed E-state index contributed by atoms with van der Waals surface area (Å²) < 4.78 is 57.9. The molecule has 0 bridgehead atoms. The normalized spacial score (nSPS) is 11.6. The van der Waals surface area contributed by atoms with Crippen LogP contribution in [0.25, 0.3) is 33.1 Å². The molecule has 0 saturated carbocycles. The minimum absolute atomic E-state index is 0.123. The number of rotatable bonds is 20. The van der Waals surface area contributed by atoms with Crippen molar-refractivity contribution in [3.63, 3.8) is 0 Å². The van der Waals surface area contributed by atoms with Gasteiger partial charge in [0.05, 0.1) is 33.9 Å². The molecule has 4 aromatic carbocycles. The highest BCUT2D eigenvalue weighted by molar-refractivity contribution is 7.92. The minimum atomic E-state index is -3.64. The van der Waals surface area contributed by atoms with Crippen LogP contribution in [0.5, 0.6) is 0 Å².